The van der Waals surface area contributed by atoms with Crippen LogP contribution in [0.4, 0.5) is 0 Å². The third-order valence-corrected chi connectivity index (χ3v) is 4.32. The summed E-state index contributed by atoms with van der Waals surface area (Å²) in [5, 5.41) is 13.4. The first-order chi connectivity index (χ1) is 7.76. The van der Waals surface area contributed by atoms with Crippen molar-refractivity contribution < 1.29 is 5.11 Å². The number of aliphatic hydroxyl groups is 1. The maximum atomic E-state index is 9.95. The van der Waals surface area contributed by atoms with Crippen LogP contribution in [0.3, 0.4) is 0 Å². The smallest absolute Gasteiger partial charge is 0.0667 e. The van der Waals surface area contributed by atoms with Crippen molar-refractivity contribution in [1.82, 2.24) is 5.32 Å². The van der Waals surface area contributed by atoms with Crippen molar-refractivity contribution in [2.24, 2.45) is 5.92 Å². The second-order valence-corrected chi connectivity index (χ2v) is 5.92. The molecule has 0 aromatic carbocycles. The van der Waals surface area contributed by atoms with Crippen LogP contribution in [0, 0.1) is 5.92 Å². The average molecular weight is 245 g/mol. The van der Waals surface area contributed by atoms with Crippen LogP contribution in [0.1, 0.15) is 45.4 Å². The summed E-state index contributed by atoms with van der Waals surface area (Å²) in [7, 11) is 0. The highest BCUT2D eigenvalue weighted by Crippen LogP contribution is 2.28. The summed E-state index contributed by atoms with van der Waals surface area (Å²) in [6.07, 6.45) is 9.56. The van der Waals surface area contributed by atoms with Gasteiger partial charge in [0.25, 0.3) is 0 Å². The number of thioether (sulfide) groups is 1. The van der Waals surface area contributed by atoms with Gasteiger partial charge in [-0.15, -0.1) is 0 Å². The maximum absolute atomic E-state index is 9.95. The fourth-order valence-electron chi connectivity index (χ4n) is 2.54. The Balaban J connectivity index is 2.10. The van der Waals surface area contributed by atoms with Gasteiger partial charge in [0, 0.05) is 18.3 Å². The fourth-order valence-corrected chi connectivity index (χ4v) is 3.30. The van der Waals surface area contributed by atoms with Gasteiger partial charge in [-0.1, -0.05) is 32.6 Å². The highest BCUT2D eigenvalue weighted by Gasteiger charge is 2.19. The Hall–Kier alpha value is 0.270. The lowest BCUT2D eigenvalue weighted by molar-refractivity contribution is 0.137. The lowest BCUT2D eigenvalue weighted by atomic mass is 10.00. The molecule has 1 fully saturated rings. The lowest BCUT2D eigenvalue weighted by Gasteiger charge is -2.20. The molecule has 0 aliphatic heterocycles. The third-order valence-electron chi connectivity index (χ3n) is 3.58. The maximum Gasteiger partial charge on any atom is 0.0667 e. The number of hydrogen-bond acceptors (Lipinski definition) is 3. The van der Waals surface area contributed by atoms with Gasteiger partial charge in [-0.05, 0) is 25.0 Å². The van der Waals surface area contributed by atoms with E-state index in [4.69, 9.17) is 0 Å². The zero-order valence-corrected chi connectivity index (χ0v) is 11.6. The van der Waals surface area contributed by atoms with Gasteiger partial charge in [0.1, 0.15) is 0 Å². The molecule has 0 amide bonds. The molecule has 0 aromatic heterocycles. The van der Waals surface area contributed by atoms with Crippen LogP contribution in [0.5, 0.6) is 0 Å². The van der Waals surface area contributed by atoms with Gasteiger partial charge in [0.2, 0.25) is 0 Å². The van der Waals surface area contributed by atoms with Crippen LogP contribution >= 0.6 is 11.8 Å². The molecular weight excluding hydrogens is 218 g/mol. The average Bonchev–Trinajstić information content (AvgIpc) is 2.76. The van der Waals surface area contributed by atoms with Gasteiger partial charge in [-0.3, -0.25) is 0 Å². The van der Waals surface area contributed by atoms with E-state index in [1.807, 2.05) is 11.8 Å². The van der Waals surface area contributed by atoms with Crippen LogP contribution in [-0.4, -0.2) is 35.8 Å². The van der Waals surface area contributed by atoms with Gasteiger partial charge in [-0.25, -0.2) is 0 Å². The van der Waals surface area contributed by atoms with Crippen LogP contribution in [0.2, 0.25) is 0 Å². The van der Waals surface area contributed by atoms with Crippen LogP contribution in [-0.2, 0) is 0 Å². The van der Waals surface area contributed by atoms with E-state index in [9.17, 15) is 5.11 Å². The first-order valence-corrected chi connectivity index (χ1v) is 8.06. The third kappa shape index (κ3) is 5.55. The molecule has 2 unspecified atom stereocenters. The molecular formula is C13H27NOS. The van der Waals surface area contributed by atoms with E-state index in [1.165, 1.54) is 25.7 Å². The molecule has 1 saturated carbocycles. The molecule has 2 N–H and O–H groups in total. The van der Waals surface area contributed by atoms with Crippen LogP contribution < -0.4 is 5.32 Å². The van der Waals surface area contributed by atoms with Crippen LogP contribution in [0.25, 0.3) is 0 Å². The largest absolute Gasteiger partial charge is 0.392 e. The summed E-state index contributed by atoms with van der Waals surface area (Å²) in [5.74, 6) is 1.93. The molecule has 0 bridgehead atoms. The standard InChI is InChI=1S/C13H27NOS/c1-3-12(10-16-2)14-9-13(15)8-11-6-4-5-7-11/h11-15H,3-10H2,1-2H3. The molecule has 0 aromatic rings. The zero-order valence-electron chi connectivity index (χ0n) is 10.7. The minimum atomic E-state index is -0.140. The highest BCUT2D eigenvalue weighted by atomic mass is 32.2. The van der Waals surface area contributed by atoms with Gasteiger partial charge in [0.15, 0.2) is 0 Å². The van der Waals surface area contributed by atoms with E-state index in [1.54, 1.807) is 0 Å². The van der Waals surface area contributed by atoms with E-state index in [0.717, 1.165) is 31.1 Å². The predicted octanol–water partition coefficient (Wildman–Crippen LogP) is 2.66. The number of hydrogen-bond donors (Lipinski definition) is 2. The monoisotopic (exact) mass is 245 g/mol. The molecule has 0 saturated heterocycles. The molecule has 0 radical (unpaired) electrons. The normalized spacial score (nSPS) is 21.2. The summed E-state index contributed by atoms with van der Waals surface area (Å²) in [6, 6.07) is 0.563. The van der Waals surface area contributed by atoms with E-state index in [2.05, 4.69) is 18.5 Å². The summed E-state index contributed by atoms with van der Waals surface area (Å²) in [6.45, 7) is 2.98. The Morgan fingerprint density at radius 1 is 1.38 bits per heavy atom. The van der Waals surface area contributed by atoms with Gasteiger partial charge < -0.3 is 10.4 Å². The van der Waals surface area contributed by atoms with E-state index in [-0.39, 0.29) is 6.10 Å². The molecule has 1 aliphatic carbocycles. The van der Waals surface area contributed by atoms with Gasteiger partial charge in [0.05, 0.1) is 6.10 Å². The lowest BCUT2D eigenvalue weighted by Crippen LogP contribution is -2.37. The number of nitrogens with one attached hydrogen (secondary N) is 1. The Kier molecular flexibility index (Phi) is 7.50. The topological polar surface area (TPSA) is 32.3 Å². The fraction of sp³-hybridized carbons (Fsp3) is 1.00. The minimum Gasteiger partial charge on any atom is -0.392 e. The molecule has 0 spiro atoms. The zero-order chi connectivity index (χ0) is 11.8. The SMILES string of the molecule is CCC(CSC)NCC(O)CC1CCCC1. The Bertz CT molecular complexity index is 171. The van der Waals surface area contributed by atoms with Crippen molar-refractivity contribution >= 4 is 11.8 Å². The second-order valence-electron chi connectivity index (χ2n) is 5.01. The molecule has 2 nitrogen and oxygen atoms in total. The van der Waals surface area contributed by atoms with Gasteiger partial charge >= 0.3 is 0 Å². The molecule has 1 rings (SSSR count). The minimum absolute atomic E-state index is 0.140. The Morgan fingerprint density at radius 3 is 2.62 bits per heavy atom. The van der Waals surface area contributed by atoms with E-state index in [0.29, 0.717) is 6.04 Å². The molecule has 1 aliphatic rings. The van der Waals surface area contributed by atoms with Crippen molar-refractivity contribution in [3.8, 4) is 0 Å². The Morgan fingerprint density at radius 2 is 2.06 bits per heavy atom. The molecule has 96 valence electrons. The molecule has 0 heterocycles. The number of aliphatic hydroxyl groups excluding tert-OH is 1. The summed E-state index contributed by atoms with van der Waals surface area (Å²) < 4.78 is 0. The van der Waals surface area contributed by atoms with E-state index >= 15 is 0 Å². The van der Waals surface area contributed by atoms with Crippen molar-refractivity contribution in [2.75, 3.05) is 18.6 Å². The first-order valence-electron chi connectivity index (χ1n) is 6.66. The Labute approximate surface area is 105 Å². The molecule has 3 heteroatoms. The predicted molar refractivity (Wildman–Crippen MR) is 73.0 cm³/mol. The number of rotatable bonds is 8. The molecule has 2 atom stereocenters. The quantitative estimate of drug-likeness (QED) is 0.689. The van der Waals surface area contributed by atoms with E-state index < -0.39 is 0 Å². The summed E-state index contributed by atoms with van der Waals surface area (Å²) >= 11 is 1.87. The van der Waals surface area contributed by atoms with Crippen molar-refractivity contribution in [2.45, 2.75) is 57.6 Å². The highest BCUT2D eigenvalue weighted by molar-refractivity contribution is 7.98. The van der Waals surface area contributed by atoms with Crippen molar-refractivity contribution in [3.05, 3.63) is 0 Å². The summed E-state index contributed by atoms with van der Waals surface area (Å²) in [5.41, 5.74) is 0. The van der Waals surface area contributed by atoms with Gasteiger partial charge in [-0.2, -0.15) is 11.8 Å². The molecule has 16 heavy (non-hydrogen) atoms. The van der Waals surface area contributed by atoms with Crippen LogP contribution in [0.15, 0.2) is 0 Å². The van der Waals surface area contributed by atoms with Crippen molar-refractivity contribution in [1.29, 1.82) is 0 Å². The van der Waals surface area contributed by atoms with Crippen molar-refractivity contribution in [3.63, 3.8) is 0 Å². The first kappa shape index (κ1) is 14.3. The summed E-state index contributed by atoms with van der Waals surface area (Å²) in [4.78, 5) is 0. The second kappa shape index (κ2) is 8.37.